The molecular weight excluding hydrogens is 226 g/mol. The van der Waals surface area contributed by atoms with E-state index in [0.717, 1.165) is 41.8 Å². The lowest BCUT2D eigenvalue weighted by atomic mass is 9.89. The van der Waals surface area contributed by atoms with E-state index in [1.807, 2.05) is 20.9 Å². The fraction of sp³-hybridized carbons (Fsp3) is 0.714. The first-order chi connectivity index (χ1) is 8.60. The first-order valence-corrected chi connectivity index (χ1v) is 6.79. The van der Waals surface area contributed by atoms with Crippen molar-refractivity contribution in [2.45, 2.75) is 52.6 Å². The van der Waals surface area contributed by atoms with E-state index in [9.17, 15) is 0 Å². The van der Waals surface area contributed by atoms with Crippen LogP contribution in [0, 0.1) is 19.8 Å². The summed E-state index contributed by atoms with van der Waals surface area (Å²) < 4.78 is 6.07. The second kappa shape index (κ2) is 5.55. The summed E-state index contributed by atoms with van der Waals surface area (Å²) in [5, 5.41) is 3.09. The fourth-order valence-corrected chi connectivity index (χ4v) is 2.47. The van der Waals surface area contributed by atoms with Gasteiger partial charge in [0.2, 0.25) is 5.88 Å². The van der Waals surface area contributed by atoms with Gasteiger partial charge in [-0.2, -0.15) is 4.98 Å². The largest absolute Gasteiger partial charge is 0.474 e. The molecule has 0 unspecified atom stereocenters. The van der Waals surface area contributed by atoms with E-state index >= 15 is 0 Å². The summed E-state index contributed by atoms with van der Waals surface area (Å²) in [5.74, 6) is 3.20. The first-order valence-electron chi connectivity index (χ1n) is 6.79. The number of hydrogen-bond acceptors (Lipinski definition) is 4. The van der Waals surface area contributed by atoms with Gasteiger partial charge in [0.1, 0.15) is 17.7 Å². The van der Waals surface area contributed by atoms with Crippen molar-refractivity contribution in [3.63, 3.8) is 0 Å². The maximum Gasteiger partial charge on any atom is 0.222 e. The Morgan fingerprint density at radius 3 is 2.39 bits per heavy atom. The average Bonchev–Trinajstić information content (AvgIpc) is 2.36. The summed E-state index contributed by atoms with van der Waals surface area (Å²) in [6.07, 6.45) is 5.11. The maximum absolute atomic E-state index is 6.07. The van der Waals surface area contributed by atoms with Crippen LogP contribution in [0.15, 0.2) is 0 Å². The molecule has 1 saturated carbocycles. The number of nitrogens with one attached hydrogen (secondary N) is 1. The van der Waals surface area contributed by atoms with Crippen LogP contribution in [0.2, 0.25) is 0 Å². The molecule has 1 aliphatic carbocycles. The molecule has 1 aromatic rings. The van der Waals surface area contributed by atoms with E-state index in [1.165, 1.54) is 12.8 Å². The Kier molecular flexibility index (Phi) is 4.04. The zero-order valence-corrected chi connectivity index (χ0v) is 11.8. The quantitative estimate of drug-likeness (QED) is 0.894. The molecule has 0 bridgehead atoms. The highest BCUT2D eigenvalue weighted by Gasteiger charge is 2.21. The van der Waals surface area contributed by atoms with Crippen molar-refractivity contribution in [2.75, 3.05) is 12.4 Å². The van der Waals surface area contributed by atoms with Gasteiger partial charge in [0.05, 0.1) is 5.56 Å². The topological polar surface area (TPSA) is 47.0 Å². The molecule has 0 saturated heterocycles. The number of ether oxygens (including phenoxy) is 1. The van der Waals surface area contributed by atoms with Crippen LogP contribution in [0.4, 0.5) is 5.82 Å². The second-order valence-corrected chi connectivity index (χ2v) is 5.30. The number of nitrogens with zero attached hydrogens (tertiary/aromatic N) is 2. The minimum atomic E-state index is 0.318. The van der Waals surface area contributed by atoms with Gasteiger partial charge < -0.3 is 10.1 Å². The lowest BCUT2D eigenvalue weighted by Gasteiger charge is -2.27. The standard InChI is InChI=1S/C14H23N3O/c1-9-5-7-12(8-6-9)18-14-10(2)13(15-4)16-11(3)17-14/h9,12H,5-8H2,1-4H3,(H,15,16,17). The van der Waals surface area contributed by atoms with Crippen molar-refractivity contribution in [1.82, 2.24) is 9.97 Å². The van der Waals surface area contributed by atoms with Crippen LogP contribution in [-0.4, -0.2) is 23.1 Å². The average molecular weight is 249 g/mol. The Labute approximate surface area is 109 Å². The Balaban J connectivity index is 2.11. The van der Waals surface area contributed by atoms with E-state index in [1.54, 1.807) is 0 Å². The van der Waals surface area contributed by atoms with Crippen LogP contribution in [0.3, 0.4) is 0 Å². The normalized spacial score (nSPS) is 23.8. The lowest BCUT2D eigenvalue weighted by molar-refractivity contribution is 0.129. The molecule has 1 N–H and O–H groups in total. The molecule has 4 nitrogen and oxygen atoms in total. The lowest BCUT2D eigenvalue weighted by Crippen LogP contribution is -2.24. The molecule has 0 amide bonds. The summed E-state index contributed by atoms with van der Waals surface area (Å²) in [4.78, 5) is 8.78. The Bertz CT molecular complexity index is 412. The molecule has 100 valence electrons. The molecule has 2 rings (SSSR count). The molecule has 1 aromatic heterocycles. The number of aromatic nitrogens is 2. The Hall–Kier alpha value is -1.32. The van der Waals surface area contributed by atoms with Crippen LogP contribution in [-0.2, 0) is 0 Å². The molecule has 18 heavy (non-hydrogen) atoms. The van der Waals surface area contributed by atoms with Crippen LogP contribution in [0.5, 0.6) is 5.88 Å². The highest BCUT2D eigenvalue weighted by atomic mass is 16.5. The molecule has 4 heteroatoms. The van der Waals surface area contributed by atoms with Crippen molar-refractivity contribution in [2.24, 2.45) is 5.92 Å². The van der Waals surface area contributed by atoms with Gasteiger partial charge in [-0.3, -0.25) is 0 Å². The van der Waals surface area contributed by atoms with E-state index in [-0.39, 0.29) is 0 Å². The summed E-state index contributed by atoms with van der Waals surface area (Å²) in [7, 11) is 1.88. The van der Waals surface area contributed by atoms with Crippen LogP contribution >= 0.6 is 0 Å². The van der Waals surface area contributed by atoms with Crippen molar-refractivity contribution in [3.8, 4) is 5.88 Å². The van der Waals surface area contributed by atoms with E-state index in [2.05, 4.69) is 22.2 Å². The van der Waals surface area contributed by atoms with Gasteiger partial charge in [-0.05, 0) is 45.4 Å². The molecule has 1 heterocycles. The molecule has 0 aromatic carbocycles. The minimum Gasteiger partial charge on any atom is -0.474 e. The van der Waals surface area contributed by atoms with Crippen molar-refractivity contribution in [3.05, 3.63) is 11.4 Å². The van der Waals surface area contributed by atoms with E-state index in [4.69, 9.17) is 4.74 Å². The third-order valence-electron chi connectivity index (χ3n) is 3.69. The number of aryl methyl sites for hydroxylation is 1. The first kappa shape index (κ1) is 13.1. The highest BCUT2D eigenvalue weighted by molar-refractivity contribution is 5.47. The molecule has 0 radical (unpaired) electrons. The predicted molar refractivity (Wildman–Crippen MR) is 73.1 cm³/mol. The highest BCUT2D eigenvalue weighted by Crippen LogP contribution is 2.29. The van der Waals surface area contributed by atoms with Gasteiger partial charge in [-0.15, -0.1) is 0 Å². The van der Waals surface area contributed by atoms with E-state index < -0.39 is 0 Å². The predicted octanol–water partition coefficient (Wildman–Crippen LogP) is 3.09. The van der Waals surface area contributed by atoms with Gasteiger partial charge in [-0.25, -0.2) is 4.98 Å². The van der Waals surface area contributed by atoms with Gasteiger partial charge in [0, 0.05) is 7.05 Å². The second-order valence-electron chi connectivity index (χ2n) is 5.30. The third-order valence-corrected chi connectivity index (χ3v) is 3.69. The Morgan fingerprint density at radius 2 is 1.78 bits per heavy atom. The summed E-state index contributed by atoms with van der Waals surface area (Å²) in [6.45, 7) is 6.22. The minimum absolute atomic E-state index is 0.318. The zero-order chi connectivity index (χ0) is 13.1. The molecule has 0 spiro atoms. The third kappa shape index (κ3) is 2.92. The smallest absolute Gasteiger partial charge is 0.222 e. The zero-order valence-electron chi connectivity index (χ0n) is 11.8. The number of anilines is 1. The van der Waals surface area contributed by atoms with Gasteiger partial charge >= 0.3 is 0 Å². The fourth-order valence-electron chi connectivity index (χ4n) is 2.47. The van der Waals surface area contributed by atoms with Crippen molar-refractivity contribution < 1.29 is 4.74 Å². The number of rotatable bonds is 3. The van der Waals surface area contributed by atoms with Gasteiger partial charge in [-0.1, -0.05) is 6.92 Å². The van der Waals surface area contributed by atoms with Gasteiger partial charge in [0.25, 0.3) is 0 Å². The van der Waals surface area contributed by atoms with Crippen LogP contribution < -0.4 is 10.1 Å². The molecule has 0 atom stereocenters. The molecular formula is C14H23N3O. The van der Waals surface area contributed by atoms with Crippen LogP contribution in [0.1, 0.15) is 44.0 Å². The Morgan fingerprint density at radius 1 is 1.11 bits per heavy atom. The van der Waals surface area contributed by atoms with Crippen molar-refractivity contribution >= 4 is 5.82 Å². The summed E-state index contributed by atoms with van der Waals surface area (Å²) >= 11 is 0. The summed E-state index contributed by atoms with van der Waals surface area (Å²) in [5.41, 5.74) is 1.00. The summed E-state index contributed by atoms with van der Waals surface area (Å²) in [6, 6.07) is 0. The van der Waals surface area contributed by atoms with E-state index in [0.29, 0.717) is 6.10 Å². The van der Waals surface area contributed by atoms with Crippen LogP contribution in [0.25, 0.3) is 0 Å². The van der Waals surface area contributed by atoms with Gasteiger partial charge in [0.15, 0.2) is 0 Å². The molecule has 0 aliphatic heterocycles. The SMILES string of the molecule is CNc1nc(C)nc(OC2CCC(C)CC2)c1C. The van der Waals surface area contributed by atoms with Crippen molar-refractivity contribution in [1.29, 1.82) is 0 Å². The number of hydrogen-bond donors (Lipinski definition) is 1. The monoisotopic (exact) mass is 249 g/mol. The molecule has 1 fully saturated rings. The molecule has 1 aliphatic rings. The maximum atomic E-state index is 6.07.